The zero-order valence-electron chi connectivity index (χ0n) is 9.15. The second-order valence-corrected chi connectivity index (χ2v) is 3.56. The number of nitrogens with two attached hydrogens (primary N) is 1. The van der Waals surface area contributed by atoms with Gasteiger partial charge >= 0.3 is 12.4 Å². The highest BCUT2D eigenvalue weighted by molar-refractivity contribution is 5.85. The van der Waals surface area contributed by atoms with E-state index in [1.165, 1.54) is 0 Å². The molecular weight excluding hydrogens is 303 g/mol. The Hall–Kier alpha value is -1.02. The van der Waals surface area contributed by atoms with Crippen molar-refractivity contribution in [3.63, 3.8) is 0 Å². The highest BCUT2D eigenvalue weighted by Crippen LogP contribution is 2.38. The van der Waals surface area contributed by atoms with E-state index in [1.54, 1.807) is 0 Å². The molecule has 19 heavy (non-hydrogen) atoms. The highest BCUT2D eigenvalue weighted by atomic mass is 35.5. The predicted octanol–water partition coefficient (Wildman–Crippen LogP) is 4.12. The van der Waals surface area contributed by atoms with Crippen molar-refractivity contribution in [3.05, 3.63) is 34.9 Å². The van der Waals surface area contributed by atoms with Crippen molar-refractivity contribution < 1.29 is 30.7 Å². The zero-order chi connectivity index (χ0) is 14.1. The molecule has 0 aliphatic heterocycles. The molecular formula is C10H9ClF7N. The summed E-state index contributed by atoms with van der Waals surface area (Å²) in [5, 5.41) is 0. The van der Waals surface area contributed by atoms with E-state index in [-0.39, 0.29) is 18.5 Å². The molecule has 0 aromatic heterocycles. The molecule has 0 unspecified atom stereocenters. The highest BCUT2D eigenvalue weighted by Gasteiger charge is 2.38. The first kappa shape index (κ1) is 18.0. The number of alkyl halides is 7. The van der Waals surface area contributed by atoms with Crippen LogP contribution >= 0.6 is 12.4 Å². The normalized spacial score (nSPS) is 13.9. The van der Waals surface area contributed by atoms with Crippen LogP contribution in [0.5, 0.6) is 0 Å². The quantitative estimate of drug-likeness (QED) is 0.817. The van der Waals surface area contributed by atoms with Gasteiger partial charge in [0.2, 0.25) is 0 Å². The lowest BCUT2D eigenvalue weighted by Gasteiger charge is -2.18. The summed E-state index contributed by atoms with van der Waals surface area (Å²) in [5.74, 6) is 0. The molecule has 0 bridgehead atoms. The summed E-state index contributed by atoms with van der Waals surface area (Å²) in [6.45, 7) is -1.30. The van der Waals surface area contributed by atoms with Crippen LogP contribution in [0.4, 0.5) is 30.7 Å². The second-order valence-electron chi connectivity index (χ2n) is 3.56. The van der Waals surface area contributed by atoms with Gasteiger partial charge in [-0.25, -0.2) is 4.39 Å². The Bertz CT molecular complexity index is 427. The molecule has 0 saturated heterocycles. The fourth-order valence-electron chi connectivity index (χ4n) is 1.38. The van der Waals surface area contributed by atoms with Crippen LogP contribution in [0.15, 0.2) is 18.2 Å². The molecule has 0 heterocycles. The van der Waals surface area contributed by atoms with Crippen molar-refractivity contribution in [2.24, 2.45) is 5.73 Å². The minimum Gasteiger partial charge on any atom is -0.322 e. The molecule has 1 nitrogen and oxygen atoms in total. The summed E-state index contributed by atoms with van der Waals surface area (Å²) >= 11 is 0. The summed E-state index contributed by atoms with van der Waals surface area (Å²) in [4.78, 5) is 0. The molecule has 1 aromatic rings. The van der Waals surface area contributed by atoms with Gasteiger partial charge in [-0.15, -0.1) is 12.4 Å². The van der Waals surface area contributed by atoms with E-state index in [2.05, 4.69) is 0 Å². The van der Waals surface area contributed by atoms with Crippen LogP contribution in [0.25, 0.3) is 0 Å². The number of halogens is 8. The Balaban J connectivity index is 0.00000324. The minimum atomic E-state index is -5.02. The van der Waals surface area contributed by atoms with E-state index in [0.29, 0.717) is 12.1 Å². The van der Waals surface area contributed by atoms with Gasteiger partial charge in [0.25, 0.3) is 0 Å². The average Bonchev–Trinajstić information content (AvgIpc) is 2.24. The van der Waals surface area contributed by atoms with Crippen molar-refractivity contribution in [1.82, 2.24) is 0 Å². The molecule has 0 saturated carbocycles. The van der Waals surface area contributed by atoms with Crippen molar-refractivity contribution in [2.75, 3.05) is 6.67 Å². The van der Waals surface area contributed by atoms with Gasteiger partial charge in [-0.3, -0.25) is 0 Å². The number of hydrogen-bond donors (Lipinski definition) is 1. The lowest BCUT2D eigenvalue weighted by molar-refractivity contribution is -0.143. The van der Waals surface area contributed by atoms with E-state index < -0.39 is 41.8 Å². The van der Waals surface area contributed by atoms with Crippen LogP contribution in [-0.2, 0) is 12.4 Å². The largest absolute Gasteiger partial charge is 0.416 e. The van der Waals surface area contributed by atoms with Crippen molar-refractivity contribution in [3.8, 4) is 0 Å². The molecule has 1 rings (SSSR count). The molecule has 2 N–H and O–H groups in total. The average molecular weight is 312 g/mol. The smallest absolute Gasteiger partial charge is 0.322 e. The van der Waals surface area contributed by atoms with Gasteiger partial charge in [0.05, 0.1) is 17.2 Å². The summed E-state index contributed by atoms with van der Waals surface area (Å²) in [7, 11) is 0. The van der Waals surface area contributed by atoms with E-state index in [0.717, 1.165) is 0 Å². The van der Waals surface area contributed by atoms with Gasteiger partial charge in [0, 0.05) is 0 Å². The Kier molecular flexibility index (Phi) is 5.64. The predicted molar refractivity (Wildman–Crippen MR) is 56.6 cm³/mol. The number of benzene rings is 1. The summed E-state index contributed by atoms with van der Waals surface area (Å²) in [6, 6.07) is -0.676. The first-order valence-corrected chi connectivity index (χ1v) is 4.67. The third-order valence-corrected chi connectivity index (χ3v) is 2.25. The van der Waals surface area contributed by atoms with Crippen LogP contribution in [0.3, 0.4) is 0 Å². The first-order chi connectivity index (χ1) is 8.07. The van der Waals surface area contributed by atoms with Crippen LogP contribution in [0.2, 0.25) is 0 Å². The summed E-state index contributed by atoms with van der Waals surface area (Å²) in [5.41, 5.74) is 1.38. The third kappa shape index (κ3) is 4.24. The molecule has 1 atom stereocenters. The standard InChI is InChI=1S/C10H8F7N.ClH/c11-4-8(18)6-2-1-5(9(12,13)14)3-7(6)10(15,16)17;/h1-3,8H,4,18H2;1H/t8-;/m0./s1. The molecule has 0 aliphatic carbocycles. The molecule has 0 fully saturated rings. The van der Waals surface area contributed by atoms with E-state index >= 15 is 0 Å². The maximum atomic E-state index is 12.6. The number of rotatable bonds is 2. The minimum absolute atomic E-state index is 0. The fraction of sp³-hybridized carbons (Fsp3) is 0.400. The van der Waals surface area contributed by atoms with E-state index in [9.17, 15) is 30.7 Å². The maximum Gasteiger partial charge on any atom is 0.416 e. The van der Waals surface area contributed by atoms with Crippen LogP contribution < -0.4 is 5.73 Å². The molecule has 0 aliphatic rings. The van der Waals surface area contributed by atoms with Gasteiger partial charge < -0.3 is 5.73 Å². The van der Waals surface area contributed by atoms with Gasteiger partial charge in [-0.1, -0.05) is 6.07 Å². The van der Waals surface area contributed by atoms with Crippen LogP contribution in [0.1, 0.15) is 22.7 Å². The Morgan fingerprint density at radius 1 is 1.00 bits per heavy atom. The third-order valence-electron chi connectivity index (χ3n) is 2.25. The van der Waals surface area contributed by atoms with E-state index in [1.807, 2.05) is 0 Å². The molecule has 1 aromatic carbocycles. The fourth-order valence-corrected chi connectivity index (χ4v) is 1.38. The van der Waals surface area contributed by atoms with Gasteiger partial charge in [0.15, 0.2) is 0 Å². The molecule has 9 heteroatoms. The second kappa shape index (κ2) is 5.96. The molecule has 0 radical (unpaired) electrons. The molecule has 110 valence electrons. The Morgan fingerprint density at radius 2 is 1.53 bits per heavy atom. The first-order valence-electron chi connectivity index (χ1n) is 4.67. The maximum absolute atomic E-state index is 12.6. The topological polar surface area (TPSA) is 26.0 Å². The number of hydrogen-bond acceptors (Lipinski definition) is 1. The van der Waals surface area contributed by atoms with Gasteiger partial charge in [-0.05, 0) is 17.7 Å². The lowest BCUT2D eigenvalue weighted by Crippen LogP contribution is -2.20. The Labute approximate surface area is 110 Å². The van der Waals surface area contributed by atoms with E-state index in [4.69, 9.17) is 5.73 Å². The van der Waals surface area contributed by atoms with Crippen molar-refractivity contribution >= 4 is 12.4 Å². The summed E-state index contributed by atoms with van der Waals surface area (Å²) in [6.07, 6.45) is -9.93. The monoisotopic (exact) mass is 311 g/mol. The lowest BCUT2D eigenvalue weighted by atomic mass is 9.98. The van der Waals surface area contributed by atoms with Crippen molar-refractivity contribution in [2.45, 2.75) is 18.4 Å². The van der Waals surface area contributed by atoms with Crippen molar-refractivity contribution in [1.29, 1.82) is 0 Å². The van der Waals surface area contributed by atoms with Gasteiger partial charge in [-0.2, -0.15) is 26.3 Å². The SMILES string of the molecule is Cl.N[C@@H](CF)c1ccc(C(F)(F)F)cc1C(F)(F)F. The molecule has 0 amide bonds. The Morgan fingerprint density at radius 3 is 1.89 bits per heavy atom. The zero-order valence-corrected chi connectivity index (χ0v) is 9.96. The molecule has 0 spiro atoms. The summed E-state index contributed by atoms with van der Waals surface area (Å²) < 4.78 is 86.9. The van der Waals surface area contributed by atoms with Crippen LogP contribution in [-0.4, -0.2) is 6.67 Å². The van der Waals surface area contributed by atoms with Crippen LogP contribution in [0, 0.1) is 0 Å². The van der Waals surface area contributed by atoms with Gasteiger partial charge in [0.1, 0.15) is 6.67 Å².